The molecule has 1 heterocycles. The minimum atomic E-state index is 0.00444. The van der Waals surface area contributed by atoms with Crippen LogP contribution in [0, 0.1) is 0 Å². The van der Waals surface area contributed by atoms with E-state index < -0.39 is 0 Å². The van der Waals surface area contributed by atoms with Crippen molar-refractivity contribution in [2.45, 2.75) is 25.3 Å². The summed E-state index contributed by atoms with van der Waals surface area (Å²) in [6.45, 7) is 8.01. The second-order valence-corrected chi connectivity index (χ2v) is 7.12. The van der Waals surface area contributed by atoms with Crippen molar-refractivity contribution in [3.63, 3.8) is 0 Å². The van der Waals surface area contributed by atoms with Crippen LogP contribution in [0.4, 0.5) is 0 Å². The SMILES string of the molecule is CS[C@@H](C)C(=O)NCc1ccccc1CN1CCN(C)CC1. The Kier molecular flexibility index (Phi) is 6.73. The molecule has 0 bridgehead atoms. The van der Waals surface area contributed by atoms with Crippen molar-refractivity contribution in [1.82, 2.24) is 15.1 Å². The predicted octanol–water partition coefficient (Wildman–Crippen LogP) is 1.80. The van der Waals surface area contributed by atoms with E-state index in [2.05, 4.69) is 40.4 Å². The Hall–Kier alpha value is -1.04. The van der Waals surface area contributed by atoms with E-state index in [4.69, 9.17) is 0 Å². The van der Waals surface area contributed by atoms with E-state index in [9.17, 15) is 4.79 Å². The Bertz CT molecular complexity index is 487. The van der Waals surface area contributed by atoms with Gasteiger partial charge in [0.05, 0.1) is 5.25 Å². The fourth-order valence-electron chi connectivity index (χ4n) is 2.56. The maximum Gasteiger partial charge on any atom is 0.233 e. The lowest BCUT2D eigenvalue weighted by molar-refractivity contribution is -0.120. The van der Waals surface area contributed by atoms with Crippen LogP contribution in [0.2, 0.25) is 0 Å². The van der Waals surface area contributed by atoms with Gasteiger partial charge in [0.2, 0.25) is 5.91 Å². The number of nitrogens with zero attached hydrogens (tertiary/aromatic N) is 2. The summed E-state index contributed by atoms with van der Waals surface area (Å²) in [7, 11) is 2.17. The first kappa shape index (κ1) is 17.3. The molecule has 1 aliphatic rings. The molecule has 0 radical (unpaired) electrons. The lowest BCUT2D eigenvalue weighted by Gasteiger charge is -2.32. The summed E-state index contributed by atoms with van der Waals surface area (Å²) < 4.78 is 0. The molecule has 1 amide bonds. The molecule has 1 aliphatic heterocycles. The van der Waals surface area contributed by atoms with Crippen LogP contribution in [-0.2, 0) is 17.9 Å². The van der Waals surface area contributed by atoms with Gasteiger partial charge in [0, 0.05) is 39.3 Å². The van der Waals surface area contributed by atoms with Crippen molar-refractivity contribution < 1.29 is 4.79 Å². The number of likely N-dealkylation sites (N-methyl/N-ethyl adjacent to an activating group) is 1. The molecule has 122 valence electrons. The molecule has 5 heteroatoms. The molecule has 1 atom stereocenters. The van der Waals surface area contributed by atoms with Crippen LogP contribution >= 0.6 is 11.8 Å². The number of thioether (sulfide) groups is 1. The molecule has 0 unspecified atom stereocenters. The number of carbonyl (C=O) groups excluding carboxylic acids is 1. The van der Waals surface area contributed by atoms with Gasteiger partial charge in [-0.1, -0.05) is 24.3 Å². The third-order valence-electron chi connectivity index (χ3n) is 4.28. The Balaban J connectivity index is 1.93. The minimum absolute atomic E-state index is 0.00444. The van der Waals surface area contributed by atoms with Gasteiger partial charge in [-0.3, -0.25) is 9.69 Å². The van der Waals surface area contributed by atoms with Gasteiger partial charge < -0.3 is 10.2 Å². The second kappa shape index (κ2) is 8.56. The first-order valence-electron chi connectivity index (χ1n) is 7.88. The number of nitrogens with one attached hydrogen (secondary N) is 1. The van der Waals surface area contributed by atoms with Gasteiger partial charge in [0.1, 0.15) is 0 Å². The summed E-state index contributed by atoms with van der Waals surface area (Å²) in [6.07, 6.45) is 1.96. The average molecular weight is 321 g/mol. The Morgan fingerprint density at radius 1 is 1.23 bits per heavy atom. The molecular formula is C17H27N3OS. The van der Waals surface area contributed by atoms with Crippen LogP contribution in [0.3, 0.4) is 0 Å². The third kappa shape index (κ3) is 5.00. The van der Waals surface area contributed by atoms with Crippen molar-refractivity contribution in [3.8, 4) is 0 Å². The standard InChI is InChI=1S/C17H27N3OS/c1-14(22-3)17(21)18-12-15-6-4-5-7-16(15)13-20-10-8-19(2)9-11-20/h4-7,14H,8-13H2,1-3H3,(H,18,21)/t14-/m0/s1. The number of carbonyl (C=O) groups is 1. The van der Waals surface area contributed by atoms with Gasteiger partial charge >= 0.3 is 0 Å². The summed E-state index contributed by atoms with van der Waals surface area (Å²) in [6, 6.07) is 8.43. The zero-order chi connectivity index (χ0) is 15.9. The Labute approximate surface area is 138 Å². The number of hydrogen-bond donors (Lipinski definition) is 1. The maximum absolute atomic E-state index is 11.9. The molecule has 1 aromatic rings. The van der Waals surface area contributed by atoms with Crippen LogP contribution in [-0.4, -0.2) is 60.4 Å². The van der Waals surface area contributed by atoms with Crippen molar-refractivity contribution in [1.29, 1.82) is 0 Å². The van der Waals surface area contributed by atoms with Crippen LogP contribution < -0.4 is 5.32 Å². The molecule has 4 nitrogen and oxygen atoms in total. The molecule has 1 fully saturated rings. The highest BCUT2D eigenvalue weighted by atomic mass is 32.2. The fourth-order valence-corrected chi connectivity index (χ4v) is 2.86. The van der Waals surface area contributed by atoms with Gasteiger partial charge in [-0.25, -0.2) is 0 Å². The highest BCUT2D eigenvalue weighted by Crippen LogP contribution is 2.14. The molecular weight excluding hydrogens is 294 g/mol. The quantitative estimate of drug-likeness (QED) is 0.867. The van der Waals surface area contributed by atoms with Crippen molar-refractivity contribution >= 4 is 17.7 Å². The molecule has 0 aliphatic carbocycles. The number of hydrogen-bond acceptors (Lipinski definition) is 4. The summed E-state index contributed by atoms with van der Waals surface area (Å²) in [5.74, 6) is 0.113. The molecule has 22 heavy (non-hydrogen) atoms. The topological polar surface area (TPSA) is 35.6 Å². The zero-order valence-corrected chi connectivity index (χ0v) is 14.7. The van der Waals surface area contributed by atoms with Crippen molar-refractivity contribution in [3.05, 3.63) is 35.4 Å². The zero-order valence-electron chi connectivity index (χ0n) is 13.8. The maximum atomic E-state index is 11.9. The van der Waals surface area contributed by atoms with Gasteiger partial charge in [-0.2, -0.15) is 11.8 Å². The number of benzene rings is 1. The molecule has 1 aromatic carbocycles. The van der Waals surface area contributed by atoms with E-state index in [1.807, 2.05) is 19.2 Å². The molecule has 1 N–H and O–H groups in total. The molecule has 0 aromatic heterocycles. The highest BCUT2D eigenvalue weighted by Gasteiger charge is 2.16. The summed E-state index contributed by atoms with van der Waals surface area (Å²) in [4.78, 5) is 16.8. The lowest BCUT2D eigenvalue weighted by Crippen LogP contribution is -2.44. The Morgan fingerprint density at radius 2 is 1.86 bits per heavy atom. The third-order valence-corrected chi connectivity index (χ3v) is 5.21. The average Bonchev–Trinajstić information content (AvgIpc) is 2.55. The predicted molar refractivity (Wildman–Crippen MR) is 94.0 cm³/mol. The monoisotopic (exact) mass is 321 g/mol. The molecule has 2 rings (SSSR count). The van der Waals surface area contributed by atoms with Crippen molar-refractivity contribution in [2.75, 3.05) is 39.5 Å². The lowest BCUT2D eigenvalue weighted by atomic mass is 10.1. The molecule has 0 spiro atoms. The first-order chi connectivity index (χ1) is 10.6. The fraction of sp³-hybridized carbons (Fsp3) is 0.588. The second-order valence-electron chi connectivity index (χ2n) is 5.94. The van der Waals surface area contributed by atoms with E-state index in [0.717, 1.165) is 32.7 Å². The van der Waals surface area contributed by atoms with E-state index in [1.165, 1.54) is 11.1 Å². The largest absolute Gasteiger partial charge is 0.351 e. The van der Waals surface area contributed by atoms with E-state index in [0.29, 0.717) is 6.54 Å². The van der Waals surface area contributed by atoms with Crippen LogP contribution in [0.15, 0.2) is 24.3 Å². The summed E-state index contributed by atoms with van der Waals surface area (Å²) in [5.41, 5.74) is 2.55. The molecule has 0 saturated carbocycles. The highest BCUT2D eigenvalue weighted by molar-refractivity contribution is 7.99. The van der Waals surface area contributed by atoms with Gasteiger partial charge in [-0.05, 0) is 31.4 Å². The number of amides is 1. The van der Waals surface area contributed by atoms with E-state index in [-0.39, 0.29) is 11.2 Å². The number of rotatable bonds is 6. The first-order valence-corrected chi connectivity index (χ1v) is 9.17. The van der Waals surface area contributed by atoms with Crippen molar-refractivity contribution in [2.24, 2.45) is 0 Å². The van der Waals surface area contributed by atoms with Gasteiger partial charge in [-0.15, -0.1) is 0 Å². The van der Waals surface area contributed by atoms with Gasteiger partial charge in [0.15, 0.2) is 0 Å². The van der Waals surface area contributed by atoms with Crippen LogP contribution in [0.1, 0.15) is 18.1 Å². The Morgan fingerprint density at radius 3 is 2.50 bits per heavy atom. The summed E-state index contributed by atoms with van der Waals surface area (Å²) >= 11 is 1.58. The van der Waals surface area contributed by atoms with E-state index in [1.54, 1.807) is 11.8 Å². The normalized spacial score (nSPS) is 18.1. The smallest absolute Gasteiger partial charge is 0.233 e. The van der Waals surface area contributed by atoms with Crippen LogP contribution in [0.5, 0.6) is 0 Å². The number of piperazine rings is 1. The van der Waals surface area contributed by atoms with Crippen LogP contribution in [0.25, 0.3) is 0 Å². The minimum Gasteiger partial charge on any atom is -0.351 e. The van der Waals surface area contributed by atoms with Gasteiger partial charge in [0.25, 0.3) is 0 Å². The summed E-state index contributed by atoms with van der Waals surface area (Å²) in [5, 5.41) is 3.05. The van der Waals surface area contributed by atoms with E-state index >= 15 is 0 Å². The molecule has 1 saturated heterocycles.